The first-order chi connectivity index (χ1) is 13.7. The first-order valence-electron chi connectivity index (χ1n) is 9.87. The molecule has 1 aromatic heterocycles. The summed E-state index contributed by atoms with van der Waals surface area (Å²) in [6.45, 7) is 4.56. The molecule has 0 saturated carbocycles. The molecule has 1 aliphatic heterocycles. The molecule has 0 radical (unpaired) electrons. The summed E-state index contributed by atoms with van der Waals surface area (Å²) in [6, 6.07) is 16.1. The molecule has 1 amide bonds. The molecule has 3 aromatic rings. The van der Waals surface area contributed by atoms with Crippen molar-refractivity contribution in [3.63, 3.8) is 0 Å². The number of nitrogens with one attached hydrogen (secondary N) is 2. The predicted molar refractivity (Wildman–Crippen MR) is 111 cm³/mol. The number of rotatable bonds is 6. The zero-order chi connectivity index (χ0) is 19.3. The van der Waals surface area contributed by atoms with Crippen molar-refractivity contribution in [3.05, 3.63) is 83.4 Å². The van der Waals surface area contributed by atoms with E-state index in [2.05, 4.69) is 27.8 Å². The van der Waals surface area contributed by atoms with E-state index in [9.17, 15) is 4.79 Å². The first-order valence-corrected chi connectivity index (χ1v) is 9.87. The van der Waals surface area contributed by atoms with E-state index in [0.29, 0.717) is 12.5 Å². The van der Waals surface area contributed by atoms with Gasteiger partial charge in [0.05, 0.1) is 5.69 Å². The summed E-state index contributed by atoms with van der Waals surface area (Å²) in [4.78, 5) is 17.2. The number of hydrogen-bond donors (Lipinski definition) is 2. The highest BCUT2D eigenvalue weighted by Gasteiger charge is 2.18. The molecular formula is C23H26N4O. The zero-order valence-corrected chi connectivity index (χ0v) is 16.2. The third-order valence-electron chi connectivity index (χ3n) is 5.45. The average molecular weight is 374 g/mol. The Hall–Kier alpha value is -2.92. The molecule has 2 heterocycles. The van der Waals surface area contributed by atoms with Crippen LogP contribution in [0, 0.1) is 12.8 Å². The number of aryl methyl sites for hydroxylation is 1. The second-order valence-corrected chi connectivity index (χ2v) is 7.38. The van der Waals surface area contributed by atoms with Gasteiger partial charge >= 0.3 is 0 Å². The lowest BCUT2D eigenvalue weighted by Crippen LogP contribution is -2.25. The fourth-order valence-electron chi connectivity index (χ4n) is 3.92. The van der Waals surface area contributed by atoms with E-state index in [1.807, 2.05) is 54.1 Å². The van der Waals surface area contributed by atoms with Crippen LogP contribution in [-0.4, -0.2) is 28.5 Å². The number of nitrogens with zero attached hydrogens (tertiary/aromatic N) is 2. The molecule has 1 atom stereocenters. The van der Waals surface area contributed by atoms with E-state index in [0.717, 1.165) is 47.7 Å². The van der Waals surface area contributed by atoms with Crippen molar-refractivity contribution in [3.8, 4) is 5.69 Å². The molecule has 0 bridgehead atoms. The molecule has 5 heteroatoms. The van der Waals surface area contributed by atoms with Crippen LogP contribution in [0.5, 0.6) is 0 Å². The lowest BCUT2D eigenvalue weighted by molar-refractivity contribution is 0.0950. The van der Waals surface area contributed by atoms with Crippen LogP contribution >= 0.6 is 0 Å². The largest absolute Gasteiger partial charge is 0.348 e. The van der Waals surface area contributed by atoms with E-state index in [1.165, 1.54) is 6.42 Å². The van der Waals surface area contributed by atoms with Crippen molar-refractivity contribution in [1.29, 1.82) is 0 Å². The Morgan fingerprint density at radius 2 is 1.96 bits per heavy atom. The van der Waals surface area contributed by atoms with Gasteiger partial charge < -0.3 is 15.2 Å². The molecule has 2 N–H and O–H groups in total. The van der Waals surface area contributed by atoms with Crippen LogP contribution in [0.25, 0.3) is 5.69 Å². The highest BCUT2D eigenvalue weighted by atomic mass is 16.1. The van der Waals surface area contributed by atoms with Crippen LogP contribution in [0.15, 0.2) is 60.9 Å². The number of amides is 1. The molecule has 1 fully saturated rings. The summed E-state index contributed by atoms with van der Waals surface area (Å²) in [5.41, 5.74) is 4.02. The van der Waals surface area contributed by atoms with Gasteiger partial charge in [0.25, 0.3) is 5.91 Å². The number of aromatic nitrogens is 2. The number of para-hydroxylation sites is 1. The molecule has 2 aromatic carbocycles. The van der Waals surface area contributed by atoms with Gasteiger partial charge in [0.1, 0.15) is 5.82 Å². The molecule has 5 nitrogen and oxygen atoms in total. The van der Waals surface area contributed by atoms with Crippen molar-refractivity contribution in [2.45, 2.75) is 26.3 Å². The summed E-state index contributed by atoms with van der Waals surface area (Å²) in [5, 5.41) is 6.52. The molecule has 1 unspecified atom stereocenters. The van der Waals surface area contributed by atoms with Gasteiger partial charge in [0.2, 0.25) is 0 Å². The quantitative estimate of drug-likeness (QED) is 0.696. The number of carbonyl (C=O) groups is 1. The van der Waals surface area contributed by atoms with E-state index in [-0.39, 0.29) is 5.91 Å². The number of carbonyl (C=O) groups excluding carboxylic acids is 1. The van der Waals surface area contributed by atoms with Gasteiger partial charge in [-0.15, -0.1) is 0 Å². The summed E-state index contributed by atoms with van der Waals surface area (Å²) >= 11 is 0. The van der Waals surface area contributed by atoms with Crippen molar-refractivity contribution >= 4 is 5.91 Å². The fourth-order valence-corrected chi connectivity index (χ4v) is 3.92. The monoisotopic (exact) mass is 374 g/mol. The van der Waals surface area contributed by atoms with E-state index < -0.39 is 0 Å². The lowest BCUT2D eigenvalue weighted by atomic mass is 9.94. The molecule has 1 aliphatic rings. The van der Waals surface area contributed by atoms with Gasteiger partial charge in [-0.3, -0.25) is 4.79 Å². The Morgan fingerprint density at radius 3 is 2.71 bits per heavy atom. The highest BCUT2D eigenvalue weighted by molar-refractivity contribution is 5.95. The standard InChI is InChI=1S/C23H26N4O/c1-17-25-12-13-27(17)22-9-5-3-7-20(22)16-26-23(28)21-8-4-2-6-19(21)14-18-10-11-24-15-18/h2-9,12-13,18,24H,10-11,14-16H2,1H3,(H,26,28). The molecule has 0 aliphatic carbocycles. The molecule has 0 spiro atoms. The van der Waals surface area contributed by atoms with Gasteiger partial charge in [-0.25, -0.2) is 4.98 Å². The van der Waals surface area contributed by atoms with Crippen molar-refractivity contribution < 1.29 is 4.79 Å². The third-order valence-corrected chi connectivity index (χ3v) is 5.45. The minimum atomic E-state index is -0.0151. The van der Waals surface area contributed by atoms with Crippen molar-refractivity contribution in [2.24, 2.45) is 5.92 Å². The van der Waals surface area contributed by atoms with Crippen LogP contribution in [0.3, 0.4) is 0 Å². The zero-order valence-electron chi connectivity index (χ0n) is 16.2. The molecule has 28 heavy (non-hydrogen) atoms. The number of benzene rings is 2. The van der Waals surface area contributed by atoms with Crippen LogP contribution in [0.1, 0.15) is 33.7 Å². The highest BCUT2D eigenvalue weighted by Crippen LogP contribution is 2.20. The van der Waals surface area contributed by atoms with Gasteiger partial charge in [-0.1, -0.05) is 36.4 Å². The van der Waals surface area contributed by atoms with Gasteiger partial charge in [0.15, 0.2) is 0 Å². The maximum Gasteiger partial charge on any atom is 0.251 e. The smallest absolute Gasteiger partial charge is 0.251 e. The Balaban J connectivity index is 1.49. The SMILES string of the molecule is Cc1nccn1-c1ccccc1CNC(=O)c1ccccc1CC1CCNC1. The van der Waals surface area contributed by atoms with Crippen molar-refractivity contribution in [1.82, 2.24) is 20.2 Å². The molecule has 1 saturated heterocycles. The normalized spacial score (nSPS) is 16.2. The maximum absolute atomic E-state index is 12.9. The second kappa shape index (κ2) is 8.40. The minimum absolute atomic E-state index is 0.0151. The van der Waals surface area contributed by atoms with Crippen LogP contribution in [0.2, 0.25) is 0 Å². The minimum Gasteiger partial charge on any atom is -0.348 e. The lowest BCUT2D eigenvalue weighted by Gasteiger charge is -2.15. The van der Waals surface area contributed by atoms with Crippen LogP contribution < -0.4 is 10.6 Å². The Bertz CT molecular complexity index is 956. The van der Waals surface area contributed by atoms with E-state index >= 15 is 0 Å². The Labute approximate surface area is 165 Å². The van der Waals surface area contributed by atoms with E-state index in [1.54, 1.807) is 6.20 Å². The molecule has 4 rings (SSSR count). The summed E-state index contributed by atoms with van der Waals surface area (Å²) in [5.74, 6) is 1.52. The summed E-state index contributed by atoms with van der Waals surface area (Å²) in [7, 11) is 0. The number of imidazole rings is 1. The maximum atomic E-state index is 12.9. The van der Waals surface area contributed by atoms with Crippen LogP contribution in [0.4, 0.5) is 0 Å². The van der Waals surface area contributed by atoms with Gasteiger partial charge in [-0.05, 0) is 62.0 Å². The van der Waals surface area contributed by atoms with Gasteiger partial charge in [0, 0.05) is 24.5 Å². The first kappa shape index (κ1) is 18.4. The fraction of sp³-hybridized carbons (Fsp3) is 0.304. The molecule has 144 valence electrons. The predicted octanol–water partition coefficient (Wildman–Crippen LogP) is 3.26. The van der Waals surface area contributed by atoms with Crippen LogP contribution in [-0.2, 0) is 13.0 Å². The summed E-state index contributed by atoms with van der Waals surface area (Å²) in [6.07, 6.45) is 5.86. The Kier molecular flexibility index (Phi) is 5.53. The Morgan fingerprint density at radius 1 is 1.18 bits per heavy atom. The summed E-state index contributed by atoms with van der Waals surface area (Å²) < 4.78 is 2.04. The average Bonchev–Trinajstić information content (AvgIpc) is 3.38. The second-order valence-electron chi connectivity index (χ2n) is 7.38. The number of hydrogen-bond acceptors (Lipinski definition) is 3. The van der Waals surface area contributed by atoms with Gasteiger partial charge in [-0.2, -0.15) is 0 Å². The van der Waals surface area contributed by atoms with E-state index in [4.69, 9.17) is 0 Å². The van der Waals surface area contributed by atoms with Crippen molar-refractivity contribution in [2.75, 3.05) is 13.1 Å². The third kappa shape index (κ3) is 3.99. The molecular weight excluding hydrogens is 348 g/mol. The topological polar surface area (TPSA) is 59.0 Å².